The predicted molar refractivity (Wildman–Crippen MR) is 78.0 cm³/mol. The van der Waals surface area contributed by atoms with Crippen molar-refractivity contribution >= 4 is 11.6 Å². The van der Waals surface area contributed by atoms with E-state index in [1.54, 1.807) is 0 Å². The van der Waals surface area contributed by atoms with Crippen molar-refractivity contribution in [3.05, 3.63) is 34.3 Å². The number of benzene rings is 1. The predicted octanol–water partition coefficient (Wildman–Crippen LogP) is 3.54. The first-order chi connectivity index (χ1) is 8.30. The Balaban J connectivity index is 2.46. The smallest absolute Gasteiger partial charge is 0.0746 e. The van der Waals surface area contributed by atoms with Crippen LogP contribution in [-0.2, 0) is 6.54 Å². The zero-order chi connectivity index (χ0) is 13.8. The number of aryl methyl sites for hydroxylation is 1. The molecule has 102 valence electrons. The Kier molecular flexibility index (Phi) is 5.64. The highest BCUT2D eigenvalue weighted by Gasteiger charge is 2.21. The summed E-state index contributed by atoms with van der Waals surface area (Å²) in [5.41, 5.74) is 1.76. The summed E-state index contributed by atoms with van der Waals surface area (Å²) in [6, 6.07) is 5.89. The van der Waals surface area contributed by atoms with Crippen LogP contribution in [0.25, 0.3) is 0 Å². The second-order valence-electron chi connectivity index (χ2n) is 5.77. The van der Waals surface area contributed by atoms with Crippen LogP contribution < -0.4 is 5.32 Å². The van der Waals surface area contributed by atoms with E-state index in [4.69, 9.17) is 11.6 Å². The van der Waals surface area contributed by atoms with Gasteiger partial charge in [0.05, 0.1) is 5.60 Å². The van der Waals surface area contributed by atoms with E-state index in [9.17, 15) is 5.11 Å². The van der Waals surface area contributed by atoms with Crippen LogP contribution in [0.2, 0.25) is 5.02 Å². The molecule has 3 heteroatoms. The number of hydrogen-bond donors (Lipinski definition) is 2. The van der Waals surface area contributed by atoms with Crippen LogP contribution in [0.3, 0.4) is 0 Å². The molecule has 1 aromatic rings. The van der Waals surface area contributed by atoms with E-state index in [-0.39, 0.29) is 0 Å². The molecule has 2 nitrogen and oxygen atoms in total. The van der Waals surface area contributed by atoms with Crippen molar-refractivity contribution in [2.75, 3.05) is 6.54 Å². The Morgan fingerprint density at radius 1 is 1.39 bits per heavy atom. The van der Waals surface area contributed by atoms with Crippen molar-refractivity contribution in [3.8, 4) is 0 Å². The molecule has 0 radical (unpaired) electrons. The van der Waals surface area contributed by atoms with Gasteiger partial charge in [-0.05, 0) is 49.4 Å². The molecule has 1 aromatic carbocycles. The third kappa shape index (κ3) is 5.38. The van der Waals surface area contributed by atoms with E-state index in [0.717, 1.165) is 18.0 Å². The number of halogens is 1. The maximum absolute atomic E-state index is 10.2. The Morgan fingerprint density at radius 3 is 2.61 bits per heavy atom. The lowest BCUT2D eigenvalue weighted by Crippen LogP contribution is -2.38. The first-order valence-corrected chi connectivity index (χ1v) is 6.86. The molecular formula is C15H24ClNO. The van der Waals surface area contributed by atoms with Crippen molar-refractivity contribution in [2.24, 2.45) is 5.92 Å². The molecule has 0 aliphatic heterocycles. The van der Waals surface area contributed by atoms with Crippen molar-refractivity contribution in [2.45, 2.75) is 46.3 Å². The topological polar surface area (TPSA) is 32.3 Å². The van der Waals surface area contributed by atoms with Crippen LogP contribution in [0.5, 0.6) is 0 Å². The van der Waals surface area contributed by atoms with Gasteiger partial charge >= 0.3 is 0 Å². The molecule has 2 N–H and O–H groups in total. The lowest BCUT2D eigenvalue weighted by molar-refractivity contribution is 0.0383. The van der Waals surface area contributed by atoms with E-state index in [0.29, 0.717) is 12.5 Å². The Labute approximate surface area is 115 Å². The standard InChI is InChI=1S/C15H24ClNO/c1-11(2)8-15(4,18)10-17-9-13-5-6-14(16)7-12(13)3/h5-7,11,17-18H,8-10H2,1-4H3. The molecule has 0 aliphatic rings. The van der Waals surface area contributed by atoms with Gasteiger partial charge in [0.2, 0.25) is 0 Å². The highest BCUT2D eigenvalue weighted by Crippen LogP contribution is 2.17. The lowest BCUT2D eigenvalue weighted by Gasteiger charge is -2.25. The van der Waals surface area contributed by atoms with Crippen molar-refractivity contribution in [1.29, 1.82) is 0 Å². The van der Waals surface area contributed by atoms with Gasteiger partial charge in [0.15, 0.2) is 0 Å². The summed E-state index contributed by atoms with van der Waals surface area (Å²) in [4.78, 5) is 0. The van der Waals surface area contributed by atoms with Gasteiger partial charge in [0.1, 0.15) is 0 Å². The summed E-state index contributed by atoms with van der Waals surface area (Å²) in [6.07, 6.45) is 0.805. The Hall–Kier alpha value is -0.570. The zero-order valence-electron chi connectivity index (χ0n) is 11.8. The minimum absolute atomic E-state index is 0.499. The van der Waals surface area contributed by atoms with Crippen LogP contribution in [0.1, 0.15) is 38.3 Å². The average Bonchev–Trinajstić information content (AvgIpc) is 2.19. The third-order valence-electron chi connectivity index (χ3n) is 2.97. The second kappa shape index (κ2) is 6.55. The molecule has 18 heavy (non-hydrogen) atoms. The molecule has 1 unspecified atom stereocenters. The minimum Gasteiger partial charge on any atom is -0.389 e. The van der Waals surface area contributed by atoms with Gasteiger partial charge in [-0.25, -0.2) is 0 Å². The largest absolute Gasteiger partial charge is 0.389 e. The molecular weight excluding hydrogens is 246 g/mol. The van der Waals surface area contributed by atoms with Gasteiger partial charge in [0, 0.05) is 18.1 Å². The number of nitrogens with one attached hydrogen (secondary N) is 1. The van der Waals surface area contributed by atoms with Gasteiger partial charge in [-0.3, -0.25) is 0 Å². The monoisotopic (exact) mass is 269 g/mol. The quantitative estimate of drug-likeness (QED) is 0.828. The second-order valence-corrected chi connectivity index (χ2v) is 6.21. The summed E-state index contributed by atoms with van der Waals surface area (Å²) in [5, 5.41) is 14.3. The summed E-state index contributed by atoms with van der Waals surface area (Å²) in [6.45, 7) is 9.55. The zero-order valence-corrected chi connectivity index (χ0v) is 12.5. The molecule has 0 saturated carbocycles. The SMILES string of the molecule is Cc1cc(Cl)ccc1CNCC(C)(O)CC(C)C. The fraction of sp³-hybridized carbons (Fsp3) is 0.600. The van der Waals surface area contributed by atoms with Gasteiger partial charge in [-0.1, -0.05) is 31.5 Å². The highest BCUT2D eigenvalue weighted by molar-refractivity contribution is 6.30. The van der Waals surface area contributed by atoms with Crippen LogP contribution >= 0.6 is 11.6 Å². The molecule has 0 aliphatic carbocycles. The van der Waals surface area contributed by atoms with E-state index in [1.165, 1.54) is 11.1 Å². The molecule has 0 heterocycles. The number of hydrogen-bond acceptors (Lipinski definition) is 2. The molecule has 0 fully saturated rings. The molecule has 0 saturated heterocycles. The maximum Gasteiger partial charge on any atom is 0.0746 e. The molecule has 1 rings (SSSR count). The van der Waals surface area contributed by atoms with Crippen molar-refractivity contribution in [3.63, 3.8) is 0 Å². The Morgan fingerprint density at radius 2 is 2.06 bits per heavy atom. The Bertz CT molecular complexity index is 388. The minimum atomic E-state index is -0.644. The fourth-order valence-corrected chi connectivity index (χ4v) is 2.50. The normalized spacial score (nSPS) is 14.8. The number of aliphatic hydroxyl groups is 1. The number of rotatable bonds is 6. The molecule has 1 atom stereocenters. The van der Waals surface area contributed by atoms with Crippen LogP contribution in [0.15, 0.2) is 18.2 Å². The van der Waals surface area contributed by atoms with Gasteiger partial charge in [-0.15, -0.1) is 0 Å². The molecule has 0 bridgehead atoms. The van der Waals surface area contributed by atoms with E-state index < -0.39 is 5.60 Å². The van der Waals surface area contributed by atoms with Gasteiger partial charge in [-0.2, -0.15) is 0 Å². The lowest BCUT2D eigenvalue weighted by atomic mass is 9.94. The van der Waals surface area contributed by atoms with Crippen molar-refractivity contribution < 1.29 is 5.11 Å². The van der Waals surface area contributed by atoms with Crippen molar-refractivity contribution in [1.82, 2.24) is 5.32 Å². The summed E-state index contributed by atoms with van der Waals surface area (Å²) in [5.74, 6) is 0.499. The fourth-order valence-electron chi connectivity index (χ4n) is 2.28. The summed E-state index contributed by atoms with van der Waals surface area (Å²) < 4.78 is 0. The molecule has 0 amide bonds. The molecule has 0 spiro atoms. The summed E-state index contributed by atoms with van der Waals surface area (Å²) in [7, 11) is 0. The van der Waals surface area contributed by atoms with Gasteiger partial charge in [0.25, 0.3) is 0 Å². The first-order valence-electron chi connectivity index (χ1n) is 6.48. The first kappa shape index (κ1) is 15.5. The van der Waals surface area contributed by atoms with Gasteiger partial charge < -0.3 is 10.4 Å². The van der Waals surface area contributed by atoms with Crippen LogP contribution in [0, 0.1) is 12.8 Å². The van der Waals surface area contributed by atoms with E-state index in [1.807, 2.05) is 25.1 Å². The average molecular weight is 270 g/mol. The van der Waals surface area contributed by atoms with E-state index >= 15 is 0 Å². The van der Waals surface area contributed by atoms with E-state index in [2.05, 4.69) is 26.1 Å². The van der Waals surface area contributed by atoms with Crippen LogP contribution in [-0.4, -0.2) is 17.3 Å². The third-order valence-corrected chi connectivity index (χ3v) is 3.21. The highest BCUT2D eigenvalue weighted by atomic mass is 35.5. The maximum atomic E-state index is 10.2. The summed E-state index contributed by atoms with van der Waals surface area (Å²) >= 11 is 5.92. The molecule has 0 aromatic heterocycles. The van der Waals surface area contributed by atoms with Crippen LogP contribution in [0.4, 0.5) is 0 Å².